The predicted molar refractivity (Wildman–Crippen MR) is 392 cm³/mol. The number of nitrogens with zero attached hydrogens (tertiary/aromatic N) is 2. The van der Waals surface area contributed by atoms with Crippen molar-refractivity contribution in [3.05, 3.63) is 149 Å². The van der Waals surface area contributed by atoms with Crippen molar-refractivity contribution in [3.8, 4) is 5.75 Å². The number of primary amides is 1. The summed E-state index contributed by atoms with van der Waals surface area (Å²) in [6, 6.07) is 12.1. The molecule has 2 aromatic heterocycles. The molecule has 0 radical (unpaired) electrons. The number of carbonyl (C=O) groups excluding carboxylic acids is 10. The number of benzene rings is 4. The predicted octanol–water partition coefficient (Wildman–Crippen LogP) is 5.06. The number of aromatic nitrogens is 2. The molecule has 2 fully saturated rings. The molecule has 104 heavy (non-hydrogen) atoms. The molecule has 0 aliphatic carbocycles. The van der Waals surface area contributed by atoms with E-state index in [0.717, 1.165) is 11.1 Å². The second-order valence-electron chi connectivity index (χ2n) is 27.2. The lowest BCUT2D eigenvalue weighted by Gasteiger charge is -2.37. The van der Waals surface area contributed by atoms with Crippen LogP contribution in [-0.4, -0.2) is 184 Å². The fourth-order valence-electron chi connectivity index (χ4n) is 13.8. The highest BCUT2D eigenvalue weighted by Gasteiger charge is 2.49. The number of ether oxygens (including phenoxy) is 2. The number of halogens is 2. The number of nitrogens with two attached hydrogens (primary N) is 2. The highest BCUT2D eigenvalue weighted by atomic mass is 32.2. The molecule has 2 saturated heterocycles. The van der Waals surface area contributed by atoms with Crippen molar-refractivity contribution in [1.82, 2.24) is 57.0 Å². The van der Waals surface area contributed by atoms with Crippen molar-refractivity contribution in [2.75, 3.05) is 44.9 Å². The Hall–Kier alpha value is -9.32. The van der Waals surface area contributed by atoms with E-state index in [1.165, 1.54) is 83.8 Å². The molecule has 6 aromatic rings. The Morgan fingerprint density at radius 3 is 2.02 bits per heavy atom. The Morgan fingerprint density at radius 2 is 1.34 bits per heavy atom. The summed E-state index contributed by atoms with van der Waals surface area (Å²) in [6.45, 7) is 3.38. The molecule has 4 aliphatic rings. The summed E-state index contributed by atoms with van der Waals surface area (Å²) in [6.07, 6.45) is 8.84. The molecule has 13 N–H and O–H groups in total. The number of amides is 10. The third-order valence-electron chi connectivity index (χ3n) is 19.6. The fraction of sp³-hybridized carbons (Fsp3) is 0.467. The Labute approximate surface area is 610 Å². The van der Waals surface area contributed by atoms with E-state index in [4.69, 9.17) is 20.9 Å². The first-order valence-electron chi connectivity index (χ1n) is 35.4. The van der Waals surface area contributed by atoms with Gasteiger partial charge in [0, 0.05) is 102 Å². The number of unbranched alkanes of at least 4 members (excludes halogenated alkanes) is 1. The van der Waals surface area contributed by atoms with Gasteiger partial charge in [-0.05, 0) is 148 Å². The average molecular weight is 1470 g/mol. The lowest BCUT2D eigenvalue weighted by Crippen LogP contribution is -2.63. The molecule has 10 amide bonds. The van der Waals surface area contributed by atoms with Crippen LogP contribution in [0.2, 0.25) is 0 Å². The summed E-state index contributed by atoms with van der Waals surface area (Å²) >= 11 is 2.87. The van der Waals surface area contributed by atoms with Crippen LogP contribution in [0.4, 0.5) is 8.78 Å². The summed E-state index contributed by atoms with van der Waals surface area (Å²) < 4.78 is 41.9. The van der Waals surface area contributed by atoms with Crippen LogP contribution in [0, 0.1) is 11.6 Å². The monoisotopic (exact) mass is 1470 g/mol. The fourth-order valence-corrected chi connectivity index (χ4v) is 15.7. The second kappa shape index (κ2) is 36.4. The molecule has 5 bridgehead atoms. The Balaban J connectivity index is 1.00. The topological polar surface area (TPSA) is 363 Å². The zero-order chi connectivity index (χ0) is 74.0. The minimum Gasteiger partial charge on any atom is -0.497 e. The summed E-state index contributed by atoms with van der Waals surface area (Å²) in [7, 11) is 1.51. The maximum Gasteiger partial charge on any atom is 0.246 e. The van der Waals surface area contributed by atoms with Crippen LogP contribution in [0.25, 0.3) is 21.8 Å². The zero-order valence-electron chi connectivity index (χ0n) is 58.7. The minimum absolute atomic E-state index is 0.0379. The van der Waals surface area contributed by atoms with Gasteiger partial charge in [0.15, 0.2) is 0 Å². The van der Waals surface area contributed by atoms with Crippen molar-refractivity contribution in [1.29, 1.82) is 0 Å². The molecule has 556 valence electrons. The number of nitrogens with one attached hydrogen (secondary N) is 9. The van der Waals surface area contributed by atoms with Crippen LogP contribution >= 0.6 is 23.5 Å². The van der Waals surface area contributed by atoms with Gasteiger partial charge in [0.2, 0.25) is 59.1 Å². The second-order valence-corrected chi connectivity index (χ2v) is 29.4. The summed E-state index contributed by atoms with van der Waals surface area (Å²) in [5, 5.41) is 20.7. The highest BCUT2D eigenvalue weighted by Crippen LogP contribution is 2.33. The molecular formula is C75H93F2N13O12S2. The highest BCUT2D eigenvalue weighted by molar-refractivity contribution is 7.98. The van der Waals surface area contributed by atoms with E-state index < -0.39 is 131 Å². The van der Waals surface area contributed by atoms with E-state index in [0.29, 0.717) is 107 Å². The van der Waals surface area contributed by atoms with Crippen molar-refractivity contribution >= 4 is 104 Å². The van der Waals surface area contributed by atoms with E-state index in [-0.39, 0.29) is 76.8 Å². The first kappa shape index (κ1) is 77.3. The third-order valence-corrected chi connectivity index (χ3v) is 21.8. The lowest BCUT2D eigenvalue weighted by atomic mass is 9.95. The molecule has 29 heteroatoms. The number of aromatic amines is 2. The lowest BCUT2D eigenvalue weighted by molar-refractivity contribution is -0.147. The SMILES string of the molecule is COc1ccc(C[C@@H]2NC(=O)[C@@H]3CCCC/C=C\CO[C@H]4C[C@@H](C(=O)N3)N(C4)C(=O)[C@H](Cc3c[nH]c4ccc(F)cc34)NC(=O)[C@H](Cc3c[nH]c4ccc(F)cc34)NC(=O)[C@@H](C)NC(=O)[C@H](CCCCN)NC(=O)CCSCc3cccc(c3)CSC[C@@H](C(N)=O)NC(=O)[C@]3(C)CCCN3C2=O)cc1. The normalized spacial score (nSPS) is 25.8. The van der Waals surface area contributed by atoms with Crippen LogP contribution in [0.5, 0.6) is 5.75 Å². The van der Waals surface area contributed by atoms with Gasteiger partial charge in [-0.3, -0.25) is 47.9 Å². The zero-order valence-corrected chi connectivity index (χ0v) is 60.3. The van der Waals surface area contributed by atoms with Crippen LogP contribution in [0.1, 0.15) is 112 Å². The van der Waals surface area contributed by atoms with E-state index in [9.17, 15) is 24.0 Å². The van der Waals surface area contributed by atoms with Gasteiger partial charge >= 0.3 is 0 Å². The third kappa shape index (κ3) is 20.1. The number of rotatable bonds is 12. The molecule has 4 aliphatic heterocycles. The summed E-state index contributed by atoms with van der Waals surface area (Å²) in [5.74, 6) is -6.36. The Morgan fingerprint density at radius 1 is 0.683 bits per heavy atom. The number of methoxy groups -OCH3 is 1. The molecule has 6 heterocycles. The van der Waals surface area contributed by atoms with Gasteiger partial charge in [-0.1, -0.05) is 55.0 Å². The van der Waals surface area contributed by atoms with E-state index in [1.807, 2.05) is 36.4 Å². The smallest absolute Gasteiger partial charge is 0.246 e. The summed E-state index contributed by atoms with van der Waals surface area (Å²) in [4.78, 5) is 157. The molecule has 0 spiro atoms. The summed E-state index contributed by atoms with van der Waals surface area (Å²) in [5.41, 5.74) is 14.6. The maximum atomic E-state index is 15.9. The quantitative estimate of drug-likeness (QED) is 0.0564. The largest absolute Gasteiger partial charge is 0.497 e. The van der Waals surface area contributed by atoms with Gasteiger partial charge in [0.05, 0.1) is 19.8 Å². The molecule has 4 aromatic carbocycles. The van der Waals surface area contributed by atoms with Crippen LogP contribution in [0.15, 0.2) is 109 Å². The number of hydrogen-bond acceptors (Lipinski definition) is 15. The maximum absolute atomic E-state index is 15.9. The van der Waals surface area contributed by atoms with Gasteiger partial charge in [0.1, 0.15) is 71.3 Å². The van der Waals surface area contributed by atoms with Gasteiger partial charge in [0.25, 0.3) is 0 Å². The molecule has 0 saturated carbocycles. The Bertz CT molecular complexity index is 4120. The number of carbonyl (C=O) groups is 10. The number of fused-ring (bicyclic) bond motifs is 8. The first-order valence-corrected chi connectivity index (χ1v) is 37.8. The van der Waals surface area contributed by atoms with Gasteiger partial charge in [-0.15, -0.1) is 0 Å². The Kier molecular flexibility index (Phi) is 27.1. The van der Waals surface area contributed by atoms with Crippen LogP contribution in [-0.2, 0) is 83.5 Å². The van der Waals surface area contributed by atoms with Crippen molar-refractivity contribution < 1.29 is 66.2 Å². The number of H-pyrrole nitrogens is 2. The van der Waals surface area contributed by atoms with E-state index >= 15 is 32.8 Å². The standard InChI is InChI=1S/C75H93F2N13O12S2/c1-44-67(93)85-60(33-48-38-80-56-23-19-50(76)35-54(48)56)70(96)87-62(34-49-39-81-57-24-20-51(77)36-55(49)57)72(98)89-40-53-37-64(89)71(97)84-59(15-7-5-4-6-10-29-102-53)69(95)86-61(32-45-17-21-52(101-3)22-18-45)73(99)90-28-12-26-75(90,2)74(100)88-63(66(79)92)43-104-42-47-14-11-13-46(31-47)41-103-30-25-65(91)83-58(68(94)82-44)16-8-9-27-78/h6,10-11,13-14,17-24,31,35-36,38-39,44,53,58-64,80-81H,4-5,7-9,12,15-16,25-30,32-34,37,40-43,78H2,1-3H3,(H2,79,92)(H,82,94)(H,83,91)(H,84,97)(H,85,93)(H,86,95)(H,87,96)(H,88,100)/b10-6-/t44-,53+,58+,59+,60+,61+,62+,63+,64+,75+/m1/s1. The van der Waals surface area contributed by atoms with Gasteiger partial charge < -0.3 is 77.9 Å². The van der Waals surface area contributed by atoms with Crippen molar-refractivity contribution in [3.63, 3.8) is 0 Å². The number of thioether (sulfide) groups is 2. The van der Waals surface area contributed by atoms with E-state index in [2.05, 4.69) is 47.2 Å². The number of hydrogen-bond donors (Lipinski definition) is 11. The van der Waals surface area contributed by atoms with Crippen molar-refractivity contribution in [2.45, 2.75) is 175 Å². The van der Waals surface area contributed by atoms with E-state index in [1.54, 1.807) is 43.6 Å². The van der Waals surface area contributed by atoms with Crippen LogP contribution < -0.4 is 53.4 Å². The molecule has 0 unspecified atom stereocenters. The van der Waals surface area contributed by atoms with Gasteiger partial charge in [-0.25, -0.2) is 8.78 Å². The number of allylic oxidation sites excluding steroid dienone is 1. The molecule has 10 atom stereocenters. The first-order chi connectivity index (χ1) is 50.1. The average Bonchev–Trinajstić information content (AvgIpc) is 1.60. The van der Waals surface area contributed by atoms with Gasteiger partial charge in [-0.2, -0.15) is 23.5 Å². The molecule has 25 nitrogen and oxygen atoms in total. The molecular weight excluding hydrogens is 1380 g/mol. The van der Waals surface area contributed by atoms with Crippen molar-refractivity contribution in [2.24, 2.45) is 11.5 Å². The molecule has 10 rings (SSSR count). The minimum atomic E-state index is -1.58. The van der Waals surface area contributed by atoms with Crippen LogP contribution in [0.3, 0.4) is 0 Å².